The number of carbonyl (C=O) groups excluding carboxylic acids is 1. The largest absolute Gasteiger partial charge is 0.396 e. The number of ketones is 1. The minimum absolute atomic E-state index is 0.250. The number of aromatic amines is 1. The molecule has 1 heterocycles. The van der Waals surface area contributed by atoms with Gasteiger partial charge in [0.25, 0.3) is 0 Å². The number of hydrogen-bond acceptors (Lipinski definition) is 4. The first-order chi connectivity index (χ1) is 15.4. The average molecular weight is 461 g/mol. The molecule has 1 aromatic heterocycles. The molecule has 0 fully saturated rings. The Hall–Kier alpha value is -3.61. The van der Waals surface area contributed by atoms with Crippen LogP contribution in [0.1, 0.15) is 27.2 Å². The number of rotatable bonds is 6. The van der Waals surface area contributed by atoms with E-state index in [2.05, 4.69) is 15.6 Å². The minimum Gasteiger partial charge on any atom is -0.396 e. The molecular weight excluding hydrogens is 440 g/mol. The molecule has 0 radical (unpaired) electrons. The molecule has 32 heavy (non-hydrogen) atoms. The summed E-state index contributed by atoms with van der Waals surface area (Å²) in [5.41, 5.74) is 10.8. The van der Waals surface area contributed by atoms with E-state index >= 15 is 0 Å². The first-order valence-corrected chi connectivity index (χ1v) is 10.7. The summed E-state index contributed by atoms with van der Waals surface area (Å²) in [5.74, 6) is 0.289. The summed E-state index contributed by atoms with van der Waals surface area (Å²) >= 11 is 11.6. The van der Waals surface area contributed by atoms with Gasteiger partial charge in [-0.05, 0) is 55.5 Å². The van der Waals surface area contributed by atoms with E-state index in [0.29, 0.717) is 27.0 Å². The van der Waals surface area contributed by atoms with Crippen molar-refractivity contribution >= 4 is 57.5 Å². The van der Waals surface area contributed by atoms with Gasteiger partial charge in [-0.3, -0.25) is 4.79 Å². The molecule has 0 spiro atoms. The topological polar surface area (TPSA) is 82.9 Å². The second-order valence-electron chi connectivity index (χ2n) is 7.31. The van der Waals surface area contributed by atoms with Gasteiger partial charge in [0.05, 0.1) is 11.3 Å². The third-order valence-electron chi connectivity index (χ3n) is 4.95. The highest BCUT2D eigenvalue weighted by Gasteiger charge is 2.24. The summed E-state index contributed by atoms with van der Waals surface area (Å²) in [6.07, 6.45) is 0. The van der Waals surface area contributed by atoms with Crippen LogP contribution in [-0.2, 0) is 0 Å². The van der Waals surface area contributed by atoms with Gasteiger partial charge in [0.15, 0.2) is 0 Å². The van der Waals surface area contributed by atoms with Gasteiger partial charge in [0.2, 0.25) is 5.78 Å². The van der Waals surface area contributed by atoms with Crippen LogP contribution in [0, 0.1) is 6.92 Å². The van der Waals surface area contributed by atoms with Gasteiger partial charge in [-0.2, -0.15) is 0 Å². The number of H-pyrrole nitrogens is 1. The molecule has 5 N–H and O–H groups in total. The summed E-state index contributed by atoms with van der Waals surface area (Å²) in [5, 5.41) is 7.06. The fraction of sp³-hybridized carbons (Fsp3) is 0.0400. The predicted octanol–water partition coefficient (Wildman–Crippen LogP) is 6.32. The number of carbonyl (C=O) groups is 1. The van der Waals surface area contributed by atoms with Crippen LogP contribution >= 0.6 is 23.8 Å². The highest BCUT2D eigenvalue weighted by molar-refractivity contribution is 7.81. The number of anilines is 4. The second-order valence-corrected chi connectivity index (χ2v) is 8.16. The maximum absolute atomic E-state index is 13.2. The Kier molecular flexibility index (Phi) is 6.25. The van der Waals surface area contributed by atoms with Crippen LogP contribution in [0.3, 0.4) is 0 Å². The van der Waals surface area contributed by atoms with Crippen molar-refractivity contribution < 1.29 is 4.79 Å². The summed E-state index contributed by atoms with van der Waals surface area (Å²) in [6, 6.07) is 24.1. The summed E-state index contributed by atoms with van der Waals surface area (Å²) in [7, 11) is 0. The van der Waals surface area contributed by atoms with Gasteiger partial charge in [0, 0.05) is 22.0 Å². The molecule has 0 atom stereocenters. The lowest BCUT2D eigenvalue weighted by atomic mass is 10.1. The van der Waals surface area contributed by atoms with Crippen molar-refractivity contribution in [2.75, 3.05) is 16.4 Å². The van der Waals surface area contributed by atoms with E-state index in [9.17, 15) is 4.79 Å². The Morgan fingerprint density at radius 1 is 0.938 bits per heavy atom. The number of hydrogen-bond donors (Lipinski definition) is 4. The van der Waals surface area contributed by atoms with E-state index in [-0.39, 0.29) is 17.2 Å². The molecule has 4 aromatic rings. The molecule has 160 valence electrons. The number of nitrogens with two attached hydrogens (primary N) is 1. The second kappa shape index (κ2) is 9.26. The van der Waals surface area contributed by atoms with E-state index < -0.39 is 0 Å². The van der Waals surface area contributed by atoms with Crippen molar-refractivity contribution in [2.24, 2.45) is 0 Å². The van der Waals surface area contributed by atoms with E-state index in [1.54, 1.807) is 24.3 Å². The fourth-order valence-electron chi connectivity index (χ4n) is 3.27. The standard InChI is InChI=1S/C25H21ClN4OS/c1-15-7-13-19(14-8-15)28-24-20(25(32)29-18-5-3-2-4-6-18)21(27)22(30-24)23(31)16-9-11-17(26)12-10-16/h2-14,28,30H,27H2,1H3,(H,29,32). The van der Waals surface area contributed by atoms with E-state index in [1.165, 1.54) is 0 Å². The van der Waals surface area contributed by atoms with Crippen molar-refractivity contribution in [3.63, 3.8) is 0 Å². The first kappa shape index (κ1) is 21.6. The van der Waals surface area contributed by atoms with Crippen molar-refractivity contribution in [3.8, 4) is 0 Å². The van der Waals surface area contributed by atoms with E-state index in [0.717, 1.165) is 16.9 Å². The number of nitrogen functional groups attached to an aromatic ring is 1. The lowest BCUT2D eigenvalue weighted by Crippen LogP contribution is -2.14. The third-order valence-corrected chi connectivity index (χ3v) is 5.51. The Balaban J connectivity index is 1.74. The summed E-state index contributed by atoms with van der Waals surface area (Å²) in [6.45, 7) is 2.02. The highest BCUT2D eigenvalue weighted by atomic mass is 35.5. The Morgan fingerprint density at radius 3 is 2.25 bits per heavy atom. The lowest BCUT2D eigenvalue weighted by molar-refractivity contribution is 0.103. The van der Waals surface area contributed by atoms with Gasteiger partial charge in [-0.15, -0.1) is 0 Å². The van der Waals surface area contributed by atoms with Crippen LogP contribution < -0.4 is 16.4 Å². The zero-order chi connectivity index (χ0) is 22.7. The number of aromatic nitrogens is 1. The van der Waals surface area contributed by atoms with Crippen LogP contribution in [0.4, 0.5) is 22.9 Å². The smallest absolute Gasteiger partial charge is 0.211 e. The van der Waals surface area contributed by atoms with E-state index in [4.69, 9.17) is 29.6 Å². The van der Waals surface area contributed by atoms with Gasteiger partial charge in [0.1, 0.15) is 16.5 Å². The molecule has 0 saturated carbocycles. The highest BCUT2D eigenvalue weighted by Crippen LogP contribution is 2.31. The maximum Gasteiger partial charge on any atom is 0.211 e. The Bertz CT molecular complexity index is 1270. The fourth-order valence-corrected chi connectivity index (χ4v) is 3.72. The SMILES string of the molecule is Cc1ccc(Nc2[nH]c(C(=O)c3ccc(Cl)cc3)c(N)c2C(=S)Nc2ccccc2)cc1. The van der Waals surface area contributed by atoms with Crippen LogP contribution in [-0.4, -0.2) is 15.8 Å². The number of aryl methyl sites for hydroxylation is 1. The quantitative estimate of drug-likeness (QED) is 0.200. The minimum atomic E-state index is -0.250. The zero-order valence-electron chi connectivity index (χ0n) is 17.3. The Morgan fingerprint density at radius 2 is 1.59 bits per heavy atom. The molecule has 3 aromatic carbocycles. The molecule has 0 unspecified atom stereocenters. The zero-order valence-corrected chi connectivity index (χ0v) is 18.8. The molecular formula is C25H21ClN4OS. The molecule has 0 aliphatic rings. The van der Waals surface area contributed by atoms with Crippen molar-refractivity contribution in [2.45, 2.75) is 6.92 Å². The molecule has 5 nitrogen and oxygen atoms in total. The van der Waals surface area contributed by atoms with Gasteiger partial charge in [-0.25, -0.2) is 0 Å². The van der Waals surface area contributed by atoms with Crippen LogP contribution in [0.2, 0.25) is 5.02 Å². The van der Waals surface area contributed by atoms with Crippen LogP contribution in [0.25, 0.3) is 0 Å². The van der Waals surface area contributed by atoms with Gasteiger partial charge >= 0.3 is 0 Å². The van der Waals surface area contributed by atoms with Crippen molar-refractivity contribution in [3.05, 3.63) is 106 Å². The van der Waals surface area contributed by atoms with Gasteiger partial charge in [-0.1, -0.05) is 59.7 Å². The predicted molar refractivity (Wildman–Crippen MR) is 136 cm³/mol. The maximum atomic E-state index is 13.2. The van der Waals surface area contributed by atoms with Crippen molar-refractivity contribution in [1.82, 2.24) is 4.98 Å². The molecule has 0 bridgehead atoms. The number of para-hydroxylation sites is 1. The van der Waals surface area contributed by atoms with Crippen LogP contribution in [0.5, 0.6) is 0 Å². The van der Waals surface area contributed by atoms with Crippen LogP contribution in [0.15, 0.2) is 78.9 Å². The molecule has 0 aliphatic carbocycles. The molecule has 0 aliphatic heterocycles. The van der Waals surface area contributed by atoms with Crippen molar-refractivity contribution in [1.29, 1.82) is 0 Å². The molecule has 7 heteroatoms. The van der Waals surface area contributed by atoms with Gasteiger partial charge < -0.3 is 21.4 Å². The molecule has 0 amide bonds. The number of halogens is 1. The molecule has 4 rings (SSSR count). The number of thiocarbonyl (C=S) groups is 1. The molecule has 0 saturated heterocycles. The third kappa shape index (κ3) is 4.66. The summed E-state index contributed by atoms with van der Waals surface area (Å²) in [4.78, 5) is 16.7. The normalized spacial score (nSPS) is 10.6. The number of benzene rings is 3. The monoisotopic (exact) mass is 460 g/mol. The van der Waals surface area contributed by atoms with E-state index in [1.807, 2.05) is 61.5 Å². The summed E-state index contributed by atoms with van der Waals surface area (Å²) < 4.78 is 0. The lowest BCUT2D eigenvalue weighted by Gasteiger charge is -2.12. The average Bonchev–Trinajstić information content (AvgIpc) is 3.11. The Labute approximate surface area is 196 Å². The number of nitrogens with one attached hydrogen (secondary N) is 3. The first-order valence-electron chi connectivity index (χ1n) is 9.94.